The molecule has 1 aliphatic rings. The van der Waals surface area contributed by atoms with Crippen LogP contribution < -0.4 is 4.74 Å². The van der Waals surface area contributed by atoms with Gasteiger partial charge in [0.25, 0.3) is 5.91 Å². The summed E-state index contributed by atoms with van der Waals surface area (Å²) in [4.78, 5) is 16.8. The van der Waals surface area contributed by atoms with Gasteiger partial charge in [0.15, 0.2) is 6.61 Å². The van der Waals surface area contributed by atoms with Gasteiger partial charge in [-0.05, 0) is 50.6 Å². The molecule has 1 amide bonds. The van der Waals surface area contributed by atoms with E-state index in [1.54, 1.807) is 0 Å². The second-order valence-electron chi connectivity index (χ2n) is 7.25. The lowest BCUT2D eigenvalue weighted by Crippen LogP contribution is -2.48. The van der Waals surface area contributed by atoms with E-state index in [1.165, 1.54) is 5.56 Å². The van der Waals surface area contributed by atoms with Crippen molar-refractivity contribution in [1.82, 2.24) is 9.80 Å². The number of amides is 1. The smallest absolute Gasteiger partial charge is 0.260 e. The molecule has 0 atom stereocenters. The van der Waals surface area contributed by atoms with E-state index >= 15 is 0 Å². The summed E-state index contributed by atoms with van der Waals surface area (Å²) in [5, 5.41) is 0. The monoisotopic (exact) mass is 348 g/mol. The minimum atomic E-state index is 0.0571. The molecule has 1 fully saturated rings. The highest BCUT2D eigenvalue weighted by atomic mass is 16.5. The van der Waals surface area contributed by atoms with Crippen LogP contribution in [0.3, 0.4) is 0 Å². The molecule has 5 nitrogen and oxygen atoms in total. The second-order valence-corrected chi connectivity index (χ2v) is 7.25. The zero-order valence-electron chi connectivity index (χ0n) is 16.0. The fourth-order valence-electron chi connectivity index (χ4n) is 2.99. The van der Waals surface area contributed by atoms with Crippen LogP contribution in [0.25, 0.3) is 0 Å². The highest BCUT2D eigenvalue weighted by molar-refractivity contribution is 5.78. The van der Waals surface area contributed by atoms with Gasteiger partial charge in [-0.1, -0.05) is 26.0 Å². The van der Waals surface area contributed by atoms with Gasteiger partial charge in [0.1, 0.15) is 5.75 Å². The van der Waals surface area contributed by atoms with Gasteiger partial charge in [0.2, 0.25) is 0 Å². The average molecular weight is 348 g/mol. The fourth-order valence-corrected chi connectivity index (χ4v) is 2.99. The maximum Gasteiger partial charge on any atom is 0.260 e. The van der Waals surface area contributed by atoms with Gasteiger partial charge in [-0.15, -0.1) is 0 Å². The third-order valence-electron chi connectivity index (χ3n) is 4.65. The Bertz CT molecular complexity index is 522. The van der Waals surface area contributed by atoms with Crippen LogP contribution in [0.15, 0.2) is 24.3 Å². The molecule has 0 aliphatic carbocycles. The van der Waals surface area contributed by atoms with E-state index < -0.39 is 0 Å². The van der Waals surface area contributed by atoms with E-state index in [0.717, 1.165) is 44.9 Å². The Kier molecular flexibility index (Phi) is 7.72. The number of ether oxygens (including phenoxy) is 2. The Morgan fingerprint density at radius 3 is 2.36 bits per heavy atom. The summed E-state index contributed by atoms with van der Waals surface area (Å²) in [5.41, 5.74) is 1.27. The van der Waals surface area contributed by atoms with Crippen LogP contribution >= 0.6 is 0 Å². The Morgan fingerprint density at radius 1 is 1.16 bits per heavy atom. The predicted molar refractivity (Wildman–Crippen MR) is 100 cm³/mol. The van der Waals surface area contributed by atoms with Crippen molar-refractivity contribution in [3.63, 3.8) is 0 Å². The number of likely N-dealkylation sites (N-methyl/N-ethyl adjacent to an activating group) is 1. The molecule has 5 heteroatoms. The van der Waals surface area contributed by atoms with E-state index in [-0.39, 0.29) is 18.6 Å². The molecular formula is C20H32N2O3. The maximum atomic E-state index is 12.7. The van der Waals surface area contributed by atoms with E-state index in [0.29, 0.717) is 5.92 Å². The van der Waals surface area contributed by atoms with Gasteiger partial charge in [0.05, 0.1) is 0 Å². The van der Waals surface area contributed by atoms with Gasteiger partial charge < -0.3 is 19.3 Å². The minimum absolute atomic E-state index is 0.0571. The molecule has 0 saturated carbocycles. The number of carbonyl (C=O) groups is 1. The number of hydrogen-bond donors (Lipinski definition) is 0. The Morgan fingerprint density at radius 2 is 1.80 bits per heavy atom. The van der Waals surface area contributed by atoms with E-state index in [2.05, 4.69) is 30.9 Å². The summed E-state index contributed by atoms with van der Waals surface area (Å²) in [7, 11) is 4.05. The lowest BCUT2D eigenvalue weighted by atomic mass is 10.0. The van der Waals surface area contributed by atoms with Crippen LogP contribution in [-0.2, 0) is 9.53 Å². The van der Waals surface area contributed by atoms with Crippen LogP contribution in [-0.4, -0.2) is 68.8 Å². The van der Waals surface area contributed by atoms with Gasteiger partial charge in [0, 0.05) is 32.3 Å². The van der Waals surface area contributed by atoms with Crippen LogP contribution in [0.1, 0.15) is 38.2 Å². The van der Waals surface area contributed by atoms with E-state index in [4.69, 9.17) is 9.47 Å². The molecular weight excluding hydrogens is 316 g/mol. The fraction of sp³-hybridized carbons (Fsp3) is 0.650. The number of hydrogen-bond acceptors (Lipinski definition) is 4. The predicted octanol–water partition coefficient (Wildman–Crippen LogP) is 2.76. The number of nitrogens with zero attached hydrogens (tertiary/aromatic N) is 2. The average Bonchev–Trinajstić information content (AvgIpc) is 2.61. The summed E-state index contributed by atoms with van der Waals surface area (Å²) in [6.45, 7) is 7.46. The highest BCUT2D eigenvalue weighted by Crippen LogP contribution is 2.19. The molecule has 25 heavy (non-hydrogen) atoms. The molecule has 0 bridgehead atoms. The van der Waals surface area contributed by atoms with Crippen molar-refractivity contribution in [2.45, 2.75) is 38.6 Å². The van der Waals surface area contributed by atoms with Crippen molar-refractivity contribution < 1.29 is 14.3 Å². The highest BCUT2D eigenvalue weighted by Gasteiger charge is 2.25. The zero-order valence-corrected chi connectivity index (χ0v) is 16.0. The lowest BCUT2D eigenvalue weighted by molar-refractivity contribution is -0.137. The van der Waals surface area contributed by atoms with Crippen molar-refractivity contribution >= 4 is 5.91 Å². The number of carbonyl (C=O) groups excluding carboxylic acids is 1. The largest absolute Gasteiger partial charge is 0.484 e. The molecule has 2 rings (SSSR count). The van der Waals surface area contributed by atoms with E-state index in [1.807, 2.05) is 31.1 Å². The van der Waals surface area contributed by atoms with Crippen molar-refractivity contribution in [3.8, 4) is 5.75 Å². The number of benzene rings is 1. The summed E-state index contributed by atoms with van der Waals surface area (Å²) < 4.78 is 11.2. The lowest BCUT2D eigenvalue weighted by Gasteiger charge is -2.35. The first-order chi connectivity index (χ1) is 12.0. The van der Waals surface area contributed by atoms with Gasteiger partial charge in [-0.3, -0.25) is 4.79 Å². The second kappa shape index (κ2) is 9.78. The minimum Gasteiger partial charge on any atom is -0.484 e. The summed E-state index contributed by atoms with van der Waals surface area (Å²) in [5.74, 6) is 1.30. The molecule has 140 valence electrons. The molecule has 1 saturated heterocycles. The zero-order chi connectivity index (χ0) is 18.2. The molecule has 0 N–H and O–H groups in total. The quantitative estimate of drug-likeness (QED) is 0.724. The Labute approximate surface area is 151 Å². The Hall–Kier alpha value is -1.59. The first-order valence-corrected chi connectivity index (χ1v) is 9.22. The topological polar surface area (TPSA) is 42.0 Å². The summed E-state index contributed by atoms with van der Waals surface area (Å²) >= 11 is 0. The van der Waals surface area contributed by atoms with Crippen molar-refractivity contribution in [3.05, 3.63) is 29.8 Å². The van der Waals surface area contributed by atoms with Crippen molar-refractivity contribution in [1.29, 1.82) is 0 Å². The molecule has 0 spiro atoms. The first kappa shape index (κ1) is 19.7. The third kappa shape index (κ3) is 6.33. The molecule has 0 radical (unpaired) electrons. The van der Waals surface area contributed by atoms with Crippen LogP contribution in [0.5, 0.6) is 5.75 Å². The van der Waals surface area contributed by atoms with Crippen LogP contribution in [0, 0.1) is 0 Å². The third-order valence-corrected chi connectivity index (χ3v) is 4.65. The molecule has 1 aliphatic heterocycles. The van der Waals surface area contributed by atoms with Crippen LogP contribution in [0.2, 0.25) is 0 Å². The number of rotatable bonds is 8. The van der Waals surface area contributed by atoms with Crippen molar-refractivity contribution in [2.24, 2.45) is 0 Å². The normalized spacial score (nSPS) is 15.6. The summed E-state index contributed by atoms with van der Waals surface area (Å²) in [6.07, 6.45) is 1.81. The standard InChI is InChI=1S/C20H32N2O3/c1-16(2)17-5-7-19(8-6-17)25-15-20(23)22(12-11-21(3)4)18-9-13-24-14-10-18/h5-8,16,18H,9-15H2,1-4H3. The maximum absolute atomic E-state index is 12.7. The Balaban J connectivity index is 1.93. The van der Waals surface area contributed by atoms with E-state index in [9.17, 15) is 4.79 Å². The first-order valence-electron chi connectivity index (χ1n) is 9.22. The SMILES string of the molecule is CC(C)c1ccc(OCC(=O)N(CCN(C)C)C2CCOCC2)cc1. The summed E-state index contributed by atoms with van der Waals surface area (Å²) in [6, 6.07) is 8.27. The van der Waals surface area contributed by atoms with Gasteiger partial charge in [-0.2, -0.15) is 0 Å². The van der Waals surface area contributed by atoms with Crippen molar-refractivity contribution in [2.75, 3.05) is 47.0 Å². The molecule has 1 aromatic carbocycles. The van der Waals surface area contributed by atoms with Gasteiger partial charge >= 0.3 is 0 Å². The molecule has 0 aromatic heterocycles. The molecule has 0 unspecified atom stereocenters. The van der Waals surface area contributed by atoms with Crippen LogP contribution in [0.4, 0.5) is 0 Å². The van der Waals surface area contributed by atoms with Gasteiger partial charge in [-0.25, -0.2) is 0 Å². The molecule has 1 aromatic rings. The molecule has 1 heterocycles.